The fraction of sp³-hybridized carbons (Fsp3) is 0.500. The molecule has 0 aliphatic rings. The first-order valence-corrected chi connectivity index (χ1v) is 4.08. The first-order chi connectivity index (χ1) is 5.43. The van der Waals surface area contributed by atoms with Gasteiger partial charge >= 0.3 is 0 Å². The Hall–Kier alpha value is -0.00688. The van der Waals surface area contributed by atoms with Crippen LogP contribution in [0.15, 0.2) is 12.3 Å². The Balaban J connectivity index is 0.00000144. The van der Waals surface area contributed by atoms with Gasteiger partial charge in [0.05, 0.1) is 5.69 Å². The molecule has 0 spiro atoms. The molecule has 13 heavy (non-hydrogen) atoms. The van der Waals surface area contributed by atoms with Crippen molar-refractivity contribution >= 4 is 0 Å². The minimum Gasteiger partial charge on any atom is -0.384 e. The van der Waals surface area contributed by atoms with Crippen LogP contribution in [0.5, 0.6) is 0 Å². The minimum absolute atomic E-state index is 0. The summed E-state index contributed by atoms with van der Waals surface area (Å²) in [7, 11) is 0. The van der Waals surface area contributed by atoms with Crippen molar-refractivity contribution in [3.63, 3.8) is 0 Å². The Morgan fingerprint density at radius 3 is 2.23 bits per heavy atom. The Morgan fingerprint density at radius 1 is 1.31 bits per heavy atom. The van der Waals surface area contributed by atoms with Crippen molar-refractivity contribution in [2.45, 2.75) is 33.3 Å². The van der Waals surface area contributed by atoms with Crippen molar-refractivity contribution < 1.29 is 31.3 Å². The molecule has 1 heterocycles. The number of aryl methyl sites for hydroxylation is 1. The molecule has 1 aromatic heterocycles. The van der Waals surface area contributed by atoms with E-state index in [2.05, 4.69) is 4.98 Å². The number of pyridine rings is 1. The summed E-state index contributed by atoms with van der Waals surface area (Å²) in [6.07, 6.45) is 1.73. The third-order valence-corrected chi connectivity index (χ3v) is 2.05. The molecular weight excluding hydrogens is 241 g/mol. The summed E-state index contributed by atoms with van der Waals surface area (Å²) >= 11 is 0. The van der Waals surface area contributed by atoms with E-state index >= 15 is 0 Å². The van der Waals surface area contributed by atoms with Gasteiger partial charge in [-0.2, -0.15) is 0 Å². The molecule has 0 fully saturated rings. The van der Waals surface area contributed by atoms with Crippen LogP contribution in [0.3, 0.4) is 0 Å². The van der Waals surface area contributed by atoms with Crippen LogP contribution in [0, 0.1) is 13.8 Å². The van der Waals surface area contributed by atoms with Gasteiger partial charge in [0.2, 0.25) is 0 Å². The van der Waals surface area contributed by atoms with Crippen LogP contribution in [-0.4, -0.2) is 10.1 Å². The topological polar surface area (TPSA) is 33.1 Å². The SMILES string of the molecule is Cc1ccnc(C(C)(C)O)c1C.[Zr]. The van der Waals surface area contributed by atoms with E-state index in [0.29, 0.717) is 0 Å². The maximum atomic E-state index is 9.73. The van der Waals surface area contributed by atoms with Gasteiger partial charge in [0, 0.05) is 32.4 Å². The average molecular weight is 256 g/mol. The second kappa shape index (κ2) is 4.48. The fourth-order valence-corrected chi connectivity index (χ4v) is 1.25. The van der Waals surface area contributed by atoms with Crippen LogP contribution in [0.1, 0.15) is 30.7 Å². The molecule has 0 saturated carbocycles. The monoisotopic (exact) mass is 255 g/mol. The van der Waals surface area contributed by atoms with Gasteiger partial charge in [0.15, 0.2) is 0 Å². The molecule has 3 heteroatoms. The van der Waals surface area contributed by atoms with Gasteiger partial charge in [-0.1, -0.05) is 0 Å². The molecule has 0 radical (unpaired) electrons. The third-order valence-electron chi connectivity index (χ3n) is 2.05. The molecule has 0 aromatic carbocycles. The Kier molecular flexibility index (Phi) is 4.47. The van der Waals surface area contributed by atoms with Crippen molar-refractivity contribution in [3.05, 3.63) is 29.1 Å². The number of hydrogen-bond acceptors (Lipinski definition) is 2. The molecule has 1 aromatic rings. The van der Waals surface area contributed by atoms with Crippen molar-refractivity contribution in [2.24, 2.45) is 0 Å². The van der Waals surface area contributed by atoms with Gasteiger partial charge in [0.25, 0.3) is 0 Å². The summed E-state index contributed by atoms with van der Waals surface area (Å²) in [5.41, 5.74) is 2.17. The van der Waals surface area contributed by atoms with E-state index in [-0.39, 0.29) is 26.2 Å². The molecule has 0 saturated heterocycles. The standard InChI is InChI=1S/C10H15NO.Zr/c1-7-5-6-11-9(8(7)2)10(3,4)12;/h5-6,12H,1-4H3;. The quantitative estimate of drug-likeness (QED) is 0.833. The molecule has 0 unspecified atom stereocenters. The summed E-state index contributed by atoms with van der Waals surface area (Å²) in [5, 5.41) is 9.73. The zero-order valence-corrected chi connectivity index (χ0v) is 11.0. The Labute approximate surface area is 98.5 Å². The minimum atomic E-state index is -0.837. The Bertz CT molecular complexity index is 291. The van der Waals surface area contributed by atoms with Gasteiger partial charge in [-0.15, -0.1) is 0 Å². The number of aromatic nitrogens is 1. The molecule has 0 aliphatic heterocycles. The van der Waals surface area contributed by atoms with Crippen molar-refractivity contribution in [1.82, 2.24) is 4.98 Å². The zero-order chi connectivity index (χ0) is 9.35. The molecule has 0 amide bonds. The smallest absolute Gasteiger partial charge is 0.101 e. The first kappa shape index (κ1) is 13.0. The molecule has 70 valence electrons. The van der Waals surface area contributed by atoms with Crippen LogP contribution in [0.2, 0.25) is 0 Å². The normalized spacial score (nSPS) is 10.8. The van der Waals surface area contributed by atoms with Crippen LogP contribution >= 0.6 is 0 Å². The number of hydrogen-bond donors (Lipinski definition) is 1. The second-order valence-electron chi connectivity index (χ2n) is 3.66. The molecule has 1 N–H and O–H groups in total. The van der Waals surface area contributed by atoms with Crippen LogP contribution in [-0.2, 0) is 31.8 Å². The summed E-state index contributed by atoms with van der Waals surface area (Å²) in [4.78, 5) is 4.16. The van der Waals surface area contributed by atoms with Crippen molar-refractivity contribution in [3.8, 4) is 0 Å². The van der Waals surface area contributed by atoms with Crippen LogP contribution in [0.4, 0.5) is 0 Å². The summed E-state index contributed by atoms with van der Waals surface area (Å²) in [6, 6.07) is 1.95. The number of rotatable bonds is 1. The van der Waals surface area contributed by atoms with E-state index in [0.717, 1.165) is 11.3 Å². The third kappa shape index (κ3) is 3.00. The maximum Gasteiger partial charge on any atom is 0.101 e. The molecule has 0 atom stereocenters. The van der Waals surface area contributed by atoms with Crippen LogP contribution < -0.4 is 0 Å². The van der Waals surface area contributed by atoms with E-state index in [1.807, 2.05) is 19.9 Å². The molecular formula is C10H15NOZr. The summed E-state index contributed by atoms with van der Waals surface area (Å²) in [5.74, 6) is 0. The molecule has 0 bridgehead atoms. The number of nitrogens with zero attached hydrogens (tertiary/aromatic N) is 1. The summed E-state index contributed by atoms with van der Waals surface area (Å²) < 4.78 is 0. The largest absolute Gasteiger partial charge is 0.384 e. The predicted molar refractivity (Wildman–Crippen MR) is 49.0 cm³/mol. The van der Waals surface area contributed by atoms with Crippen LogP contribution in [0.25, 0.3) is 0 Å². The summed E-state index contributed by atoms with van der Waals surface area (Å²) in [6.45, 7) is 7.51. The Morgan fingerprint density at radius 2 is 1.85 bits per heavy atom. The van der Waals surface area contributed by atoms with E-state index in [4.69, 9.17) is 0 Å². The van der Waals surface area contributed by atoms with E-state index in [9.17, 15) is 5.11 Å². The average Bonchev–Trinajstić information content (AvgIpc) is 1.92. The van der Waals surface area contributed by atoms with E-state index in [1.54, 1.807) is 20.0 Å². The van der Waals surface area contributed by atoms with E-state index in [1.165, 1.54) is 5.56 Å². The molecule has 0 aliphatic carbocycles. The van der Waals surface area contributed by atoms with E-state index < -0.39 is 5.60 Å². The first-order valence-electron chi connectivity index (χ1n) is 4.08. The van der Waals surface area contributed by atoms with Crippen molar-refractivity contribution in [2.75, 3.05) is 0 Å². The van der Waals surface area contributed by atoms with Crippen molar-refractivity contribution in [1.29, 1.82) is 0 Å². The molecule has 1 rings (SSSR count). The second-order valence-corrected chi connectivity index (χ2v) is 3.66. The van der Waals surface area contributed by atoms with Gasteiger partial charge in [-0.3, -0.25) is 4.98 Å². The predicted octanol–water partition coefficient (Wildman–Crippen LogP) is 1.92. The molecule has 2 nitrogen and oxygen atoms in total. The zero-order valence-electron chi connectivity index (χ0n) is 8.55. The fourth-order valence-electron chi connectivity index (χ4n) is 1.25. The maximum absolute atomic E-state index is 9.73. The van der Waals surface area contributed by atoms with Gasteiger partial charge in [0.1, 0.15) is 5.60 Å². The van der Waals surface area contributed by atoms with Gasteiger partial charge < -0.3 is 5.11 Å². The number of aliphatic hydroxyl groups is 1. The van der Waals surface area contributed by atoms with Gasteiger partial charge in [-0.25, -0.2) is 0 Å². The van der Waals surface area contributed by atoms with Gasteiger partial charge in [-0.05, 0) is 44.9 Å².